The van der Waals surface area contributed by atoms with E-state index in [1.54, 1.807) is 0 Å². The van der Waals surface area contributed by atoms with Crippen molar-refractivity contribution in [1.29, 1.82) is 0 Å². The molecule has 0 unspecified atom stereocenters. The highest BCUT2D eigenvalue weighted by atomic mass is 14.2. The Labute approximate surface area is 246 Å². The highest BCUT2D eigenvalue weighted by Crippen LogP contribution is 2.45. The van der Waals surface area contributed by atoms with Gasteiger partial charge in [0.2, 0.25) is 0 Å². The Bertz CT molecular complexity index is 2110. The molecule has 0 saturated heterocycles. The summed E-state index contributed by atoms with van der Waals surface area (Å²) in [6.07, 6.45) is 0. The topological polar surface area (TPSA) is 0 Å². The fourth-order valence-electron chi connectivity index (χ4n) is 6.46. The normalized spacial score (nSPS) is 11.3. The first-order chi connectivity index (χ1) is 20.8. The Morgan fingerprint density at radius 1 is 0.214 bits per heavy atom. The van der Waals surface area contributed by atoms with Crippen molar-refractivity contribution in [1.82, 2.24) is 0 Å². The van der Waals surface area contributed by atoms with Gasteiger partial charge in [-0.2, -0.15) is 0 Å². The third kappa shape index (κ3) is 4.17. The van der Waals surface area contributed by atoms with E-state index in [1.807, 2.05) is 0 Å². The van der Waals surface area contributed by atoms with Gasteiger partial charge in [0.15, 0.2) is 0 Å². The molecule has 0 amide bonds. The van der Waals surface area contributed by atoms with Gasteiger partial charge in [0.25, 0.3) is 0 Å². The number of benzene rings is 8. The first-order valence-corrected chi connectivity index (χ1v) is 14.5. The molecule has 0 heterocycles. The van der Waals surface area contributed by atoms with E-state index in [0.717, 1.165) is 0 Å². The standard InChI is InChI=1S/C42H28/c1-3-13-29(14-4-1)34-26-35(30-15-5-2-6-16-30)28-36(27-34)42-39-21-11-9-19-37(39)41(38-20-10-12-22-40(38)42)33-24-23-31-17-7-8-18-32(31)25-33/h1-28H. The van der Waals surface area contributed by atoms with Gasteiger partial charge in [-0.15, -0.1) is 0 Å². The number of hydrogen-bond acceptors (Lipinski definition) is 0. The minimum absolute atomic E-state index is 1.22. The van der Waals surface area contributed by atoms with Crippen molar-refractivity contribution >= 4 is 32.3 Å². The molecule has 0 N–H and O–H groups in total. The average molecular weight is 533 g/mol. The van der Waals surface area contributed by atoms with Crippen LogP contribution in [0.15, 0.2) is 170 Å². The summed E-state index contributed by atoms with van der Waals surface area (Å²) in [6, 6.07) is 61.8. The summed E-state index contributed by atoms with van der Waals surface area (Å²) in [5, 5.41) is 7.60. The summed E-state index contributed by atoms with van der Waals surface area (Å²) < 4.78 is 0. The largest absolute Gasteiger partial charge is 0.0622 e. The lowest BCUT2D eigenvalue weighted by Gasteiger charge is -2.19. The number of fused-ring (bicyclic) bond motifs is 3. The maximum Gasteiger partial charge on any atom is -0.00259 e. The predicted octanol–water partition coefficient (Wildman–Crippen LogP) is 11.8. The molecule has 0 saturated carbocycles. The van der Waals surface area contributed by atoms with E-state index in [4.69, 9.17) is 0 Å². The molecule has 0 aliphatic rings. The summed E-state index contributed by atoms with van der Waals surface area (Å²) in [6.45, 7) is 0. The Morgan fingerprint density at radius 2 is 0.619 bits per heavy atom. The number of hydrogen-bond donors (Lipinski definition) is 0. The quantitative estimate of drug-likeness (QED) is 0.198. The second-order valence-electron chi connectivity index (χ2n) is 10.9. The minimum atomic E-state index is 1.22. The Kier molecular flexibility index (Phi) is 5.90. The van der Waals surface area contributed by atoms with Gasteiger partial charge >= 0.3 is 0 Å². The van der Waals surface area contributed by atoms with Crippen molar-refractivity contribution in [3.8, 4) is 44.5 Å². The lowest BCUT2D eigenvalue weighted by molar-refractivity contribution is 1.58. The average Bonchev–Trinajstić information content (AvgIpc) is 3.07. The Balaban J connectivity index is 1.46. The molecule has 0 atom stereocenters. The summed E-state index contributed by atoms with van der Waals surface area (Å²) in [4.78, 5) is 0. The molecule has 0 spiro atoms. The molecule has 8 aromatic rings. The summed E-state index contributed by atoms with van der Waals surface area (Å²) in [7, 11) is 0. The van der Waals surface area contributed by atoms with Gasteiger partial charge < -0.3 is 0 Å². The van der Waals surface area contributed by atoms with Gasteiger partial charge in [-0.25, -0.2) is 0 Å². The molecule has 42 heavy (non-hydrogen) atoms. The van der Waals surface area contributed by atoms with E-state index in [-0.39, 0.29) is 0 Å². The molecule has 8 aromatic carbocycles. The van der Waals surface area contributed by atoms with E-state index in [2.05, 4.69) is 170 Å². The van der Waals surface area contributed by atoms with Gasteiger partial charge in [-0.3, -0.25) is 0 Å². The first-order valence-electron chi connectivity index (χ1n) is 14.5. The highest BCUT2D eigenvalue weighted by molar-refractivity contribution is 6.22. The number of rotatable bonds is 4. The molecular formula is C42H28. The molecule has 0 aliphatic heterocycles. The van der Waals surface area contributed by atoms with Gasteiger partial charge in [0, 0.05) is 0 Å². The van der Waals surface area contributed by atoms with Crippen molar-refractivity contribution in [2.45, 2.75) is 0 Å². The van der Waals surface area contributed by atoms with E-state index in [1.165, 1.54) is 76.8 Å². The van der Waals surface area contributed by atoms with Crippen LogP contribution >= 0.6 is 0 Å². The van der Waals surface area contributed by atoms with Crippen LogP contribution in [-0.4, -0.2) is 0 Å². The van der Waals surface area contributed by atoms with Crippen LogP contribution in [0.25, 0.3) is 76.8 Å². The second-order valence-corrected chi connectivity index (χ2v) is 10.9. The smallest absolute Gasteiger partial charge is 0.00259 e. The molecule has 0 radical (unpaired) electrons. The Hall–Kier alpha value is -5.46. The highest BCUT2D eigenvalue weighted by Gasteiger charge is 2.18. The summed E-state index contributed by atoms with van der Waals surface area (Å²) in [5.41, 5.74) is 9.93. The monoisotopic (exact) mass is 532 g/mol. The van der Waals surface area contributed by atoms with Crippen LogP contribution < -0.4 is 0 Å². The van der Waals surface area contributed by atoms with Crippen LogP contribution in [0.2, 0.25) is 0 Å². The van der Waals surface area contributed by atoms with E-state index >= 15 is 0 Å². The van der Waals surface area contributed by atoms with Crippen molar-refractivity contribution in [3.63, 3.8) is 0 Å². The third-order valence-corrected chi connectivity index (χ3v) is 8.41. The molecule has 196 valence electrons. The zero-order valence-corrected chi connectivity index (χ0v) is 23.2. The molecule has 0 aliphatic carbocycles. The van der Waals surface area contributed by atoms with Gasteiger partial charge in [-0.05, 0) is 101 Å². The van der Waals surface area contributed by atoms with Gasteiger partial charge in [-0.1, -0.05) is 146 Å². The lowest BCUT2D eigenvalue weighted by atomic mass is 9.84. The molecule has 0 nitrogen and oxygen atoms in total. The van der Waals surface area contributed by atoms with Crippen LogP contribution in [0.4, 0.5) is 0 Å². The second kappa shape index (κ2) is 10.2. The maximum atomic E-state index is 2.37. The molecule has 0 bridgehead atoms. The van der Waals surface area contributed by atoms with E-state index in [0.29, 0.717) is 0 Å². The third-order valence-electron chi connectivity index (χ3n) is 8.41. The van der Waals surface area contributed by atoms with Crippen LogP contribution in [-0.2, 0) is 0 Å². The molecular weight excluding hydrogens is 504 g/mol. The first kappa shape index (κ1) is 24.3. The maximum absolute atomic E-state index is 2.37. The van der Waals surface area contributed by atoms with Gasteiger partial charge in [0.1, 0.15) is 0 Å². The van der Waals surface area contributed by atoms with Gasteiger partial charge in [0.05, 0.1) is 0 Å². The zero-order valence-electron chi connectivity index (χ0n) is 23.2. The van der Waals surface area contributed by atoms with Crippen molar-refractivity contribution in [2.24, 2.45) is 0 Å². The Morgan fingerprint density at radius 3 is 1.14 bits per heavy atom. The van der Waals surface area contributed by atoms with Crippen LogP contribution in [0.5, 0.6) is 0 Å². The van der Waals surface area contributed by atoms with Crippen LogP contribution in [0.1, 0.15) is 0 Å². The fraction of sp³-hybridized carbons (Fsp3) is 0. The molecule has 0 aromatic heterocycles. The molecule has 0 heteroatoms. The van der Waals surface area contributed by atoms with Crippen molar-refractivity contribution in [2.75, 3.05) is 0 Å². The van der Waals surface area contributed by atoms with E-state index < -0.39 is 0 Å². The summed E-state index contributed by atoms with van der Waals surface area (Å²) >= 11 is 0. The van der Waals surface area contributed by atoms with Crippen LogP contribution in [0.3, 0.4) is 0 Å². The van der Waals surface area contributed by atoms with Crippen molar-refractivity contribution in [3.05, 3.63) is 170 Å². The zero-order chi connectivity index (χ0) is 27.9. The van der Waals surface area contributed by atoms with Crippen LogP contribution in [0, 0.1) is 0 Å². The van der Waals surface area contributed by atoms with Crippen molar-refractivity contribution < 1.29 is 0 Å². The fourth-order valence-corrected chi connectivity index (χ4v) is 6.46. The van der Waals surface area contributed by atoms with E-state index in [9.17, 15) is 0 Å². The molecule has 8 rings (SSSR count). The summed E-state index contributed by atoms with van der Waals surface area (Å²) in [5.74, 6) is 0. The SMILES string of the molecule is c1ccc(-c2cc(-c3ccccc3)cc(-c3c4ccccc4c(-c4ccc5ccccc5c4)c4ccccc34)c2)cc1. The predicted molar refractivity (Wildman–Crippen MR) is 181 cm³/mol. The minimum Gasteiger partial charge on any atom is -0.0622 e. The lowest BCUT2D eigenvalue weighted by Crippen LogP contribution is -1.92. The molecule has 0 fully saturated rings.